The van der Waals surface area contributed by atoms with E-state index in [9.17, 15) is 4.79 Å². The van der Waals surface area contributed by atoms with Gasteiger partial charge in [-0.15, -0.1) is 0 Å². The van der Waals surface area contributed by atoms with Crippen molar-refractivity contribution in [2.75, 3.05) is 14.2 Å². The van der Waals surface area contributed by atoms with E-state index in [2.05, 4.69) is 13.5 Å². The average molecular weight is 346 g/mol. The van der Waals surface area contributed by atoms with Gasteiger partial charge in [-0.3, -0.25) is 0 Å². The smallest absolute Gasteiger partial charge is 0.339 e. The Morgan fingerprint density at radius 3 is 2.12 bits per heavy atom. The SMILES string of the molecule is C=C1c2cc(OC)c(OC)cc2C(=O)OC1CCCCCCCCC. The fourth-order valence-electron chi connectivity index (χ4n) is 3.27. The molecule has 25 heavy (non-hydrogen) atoms. The van der Waals surface area contributed by atoms with Gasteiger partial charge < -0.3 is 14.2 Å². The molecule has 0 aliphatic carbocycles. The van der Waals surface area contributed by atoms with E-state index >= 15 is 0 Å². The second kappa shape index (κ2) is 9.50. The van der Waals surface area contributed by atoms with E-state index in [-0.39, 0.29) is 12.1 Å². The Hall–Kier alpha value is -1.97. The van der Waals surface area contributed by atoms with Gasteiger partial charge in [-0.05, 0) is 36.1 Å². The summed E-state index contributed by atoms with van der Waals surface area (Å²) < 4.78 is 16.2. The summed E-state index contributed by atoms with van der Waals surface area (Å²) in [6.07, 6.45) is 9.24. The number of ether oxygens (including phenoxy) is 3. The number of methoxy groups -OCH3 is 2. The highest BCUT2D eigenvalue weighted by Gasteiger charge is 2.31. The van der Waals surface area contributed by atoms with Gasteiger partial charge in [0.2, 0.25) is 0 Å². The van der Waals surface area contributed by atoms with Crippen molar-refractivity contribution in [1.82, 2.24) is 0 Å². The van der Waals surface area contributed by atoms with Gasteiger partial charge in [0.25, 0.3) is 0 Å². The molecule has 1 atom stereocenters. The number of benzene rings is 1. The van der Waals surface area contributed by atoms with Gasteiger partial charge in [-0.2, -0.15) is 0 Å². The number of hydrogen-bond donors (Lipinski definition) is 0. The Morgan fingerprint density at radius 1 is 0.960 bits per heavy atom. The summed E-state index contributed by atoms with van der Waals surface area (Å²) in [5.74, 6) is 0.819. The van der Waals surface area contributed by atoms with Crippen LogP contribution in [0.15, 0.2) is 18.7 Å². The highest BCUT2D eigenvalue weighted by atomic mass is 16.5. The molecule has 4 heteroatoms. The lowest BCUT2D eigenvalue weighted by molar-refractivity contribution is 0.0372. The summed E-state index contributed by atoms with van der Waals surface area (Å²) >= 11 is 0. The Balaban J connectivity index is 1.97. The van der Waals surface area contributed by atoms with E-state index < -0.39 is 0 Å². The number of rotatable bonds is 10. The Kier molecular flexibility index (Phi) is 7.35. The zero-order valence-electron chi connectivity index (χ0n) is 15.7. The number of unbranched alkanes of at least 4 members (excludes halogenated alkanes) is 6. The van der Waals surface area contributed by atoms with Crippen molar-refractivity contribution in [3.63, 3.8) is 0 Å². The molecule has 0 saturated heterocycles. The second-order valence-electron chi connectivity index (χ2n) is 6.58. The maximum Gasteiger partial charge on any atom is 0.339 e. The van der Waals surface area contributed by atoms with E-state index in [4.69, 9.17) is 14.2 Å². The molecule has 0 N–H and O–H groups in total. The predicted molar refractivity (Wildman–Crippen MR) is 100 cm³/mol. The molecule has 0 radical (unpaired) electrons. The Morgan fingerprint density at radius 2 is 1.52 bits per heavy atom. The van der Waals surface area contributed by atoms with Gasteiger partial charge in [0.15, 0.2) is 11.5 Å². The lowest BCUT2D eigenvalue weighted by atomic mass is 9.91. The van der Waals surface area contributed by atoms with Crippen LogP contribution in [0.2, 0.25) is 0 Å². The molecule has 0 bridgehead atoms. The zero-order chi connectivity index (χ0) is 18.2. The largest absolute Gasteiger partial charge is 0.493 e. The number of carbonyl (C=O) groups excluding carboxylic acids is 1. The van der Waals surface area contributed by atoms with E-state index in [1.807, 2.05) is 6.07 Å². The first-order valence-electron chi connectivity index (χ1n) is 9.28. The van der Waals surface area contributed by atoms with E-state index in [0.29, 0.717) is 17.1 Å². The highest BCUT2D eigenvalue weighted by Crippen LogP contribution is 2.39. The fourth-order valence-corrected chi connectivity index (χ4v) is 3.27. The van der Waals surface area contributed by atoms with Gasteiger partial charge in [0.1, 0.15) is 6.10 Å². The summed E-state index contributed by atoms with van der Waals surface area (Å²) in [7, 11) is 3.14. The molecule has 2 rings (SSSR count). The van der Waals surface area contributed by atoms with Gasteiger partial charge in [0, 0.05) is 0 Å². The molecule has 138 valence electrons. The molecule has 0 fully saturated rings. The van der Waals surface area contributed by atoms with Crippen LogP contribution in [0.1, 0.15) is 74.2 Å². The normalized spacial score (nSPS) is 16.4. The van der Waals surface area contributed by atoms with Gasteiger partial charge >= 0.3 is 5.97 Å². The minimum atomic E-state index is -0.309. The predicted octanol–water partition coefficient (Wildman–Crippen LogP) is 5.40. The second-order valence-corrected chi connectivity index (χ2v) is 6.58. The molecule has 1 heterocycles. The van der Waals surface area contributed by atoms with Gasteiger partial charge in [0.05, 0.1) is 19.8 Å². The number of fused-ring (bicyclic) bond motifs is 1. The number of cyclic esters (lactones) is 1. The van der Waals surface area contributed by atoms with Crippen molar-refractivity contribution in [3.05, 3.63) is 29.8 Å². The maximum absolute atomic E-state index is 12.4. The van der Waals surface area contributed by atoms with E-state index in [1.165, 1.54) is 38.5 Å². The van der Waals surface area contributed by atoms with Crippen LogP contribution in [-0.4, -0.2) is 26.3 Å². The third-order valence-corrected chi connectivity index (χ3v) is 4.80. The summed E-state index contributed by atoms with van der Waals surface area (Å²) in [5.41, 5.74) is 2.15. The van der Waals surface area contributed by atoms with Crippen LogP contribution in [-0.2, 0) is 4.74 Å². The Bertz CT molecular complexity index is 606. The third kappa shape index (κ3) is 4.77. The molecule has 1 aliphatic rings. The summed E-state index contributed by atoms with van der Waals surface area (Å²) in [5, 5.41) is 0. The lowest BCUT2D eigenvalue weighted by Gasteiger charge is -2.28. The summed E-state index contributed by atoms with van der Waals surface area (Å²) in [6.45, 7) is 6.40. The van der Waals surface area contributed by atoms with Crippen molar-refractivity contribution in [2.45, 2.75) is 64.4 Å². The molecule has 4 nitrogen and oxygen atoms in total. The topological polar surface area (TPSA) is 44.8 Å². The van der Waals surface area contributed by atoms with Crippen molar-refractivity contribution in [2.24, 2.45) is 0 Å². The molecule has 0 saturated carbocycles. The average Bonchev–Trinajstić information content (AvgIpc) is 2.63. The van der Waals surface area contributed by atoms with Crippen LogP contribution in [0.4, 0.5) is 0 Å². The van der Waals surface area contributed by atoms with Gasteiger partial charge in [-0.1, -0.05) is 52.0 Å². The monoisotopic (exact) mass is 346 g/mol. The molecule has 0 spiro atoms. The quantitative estimate of drug-likeness (QED) is 0.420. The number of hydrogen-bond acceptors (Lipinski definition) is 4. The molecule has 0 amide bonds. The molecule has 1 unspecified atom stereocenters. The number of carbonyl (C=O) groups is 1. The van der Waals surface area contributed by atoms with E-state index in [0.717, 1.165) is 24.0 Å². The first-order valence-corrected chi connectivity index (χ1v) is 9.28. The van der Waals surface area contributed by atoms with E-state index in [1.54, 1.807) is 20.3 Å². The zero-order valence-corrected chi connectivity index (χ0v) is 15.7. The third-order valence-electron chi connectivity index (χ3n) is 4.80. The minimum absolute atomic E-state index is 0.242. The summed E-state index contributed by atoms with van der Waals surface area (Å²) in [6, 6.07) is 3.50. The van der Waals surface area contributed by atoms with Gasteiger partial charge in [-0.25, -0.2) is 4.79 Å². The maximum atomic E-state index is 12.4. The highest BCUT2D eigenvalue weighted by molar-refractivity contribution is 6.00. The molecular formula is C21H30O4. The standard InChI is InChI=1S/C21H30O4/c1-5-6-7-8-9-10-11-12-18-15(2)16-13-19(23-3)20(24-4)14-17(16)21(22)25-18/h13-14,18H,2,5-12H2,1,3-4H3. The van der Waals surface area contributed by atoms with Crippen LogP contribution >= 0.6 is 0 Å². The first kappa shape index (κ1) is 19.4. The lowest BCUT2D eigenvalue weighted by Crippen LogP contribution is -2.26. The van der Waals surface area contributed by atoms with Crippen molar-refractivity contribution < 1.29 is 19.0 Å². The van der Waals surface area contributed by atoms with Crippen molar-refractivity contribution >= 4 is 11.5 Å². The molecule has 1 aliphatic heterocycles. The first-order chi connectivity index (χ1) is 12.1. The van der Waals surface area contributed by atoms with Crippen molar-refractivity contribution in [3.8, 4) is 11.5 Å². The molecule has 1 aromatic rings. The number of esters is 1. The molecule has 0 aromatic heterocycles. The minimum Gasteiger partial charge on any atom is -0.493 e. The summed E-state index contributed by atoms with van der Waals surface area (Å²) in [4.78, 5) is 12.4. The van der Waals surface area contributed by atoms with Crippen LogP contribution < -0.4 is 9.47 Å². The molecule has 1 aromatic carbocycles. The fraction of sp³-hybridized carbons (Fsp3) is 0.571. The molecular weight excluding hydrogens is 316 g/mol. The van der Waals surface area contributed by atoms with Crippen LogP contribution in [0.5, 0.6) is 11.5 Å². The Labute approximate surface area is 151 Å². The van der Waals surface area contributed by atoms with Crippen molar-refractivity contribution in [1.29, 1.82) is 0 Å². The van der Waals surface area contributed by atoms with Crippen LogP contribution in [0, 0.1) is 0 Å². The van der Waals surface area contributed by atoms with Crippen LogP contribution in [0.25, 0.3) is 5.57 Å². The van der Waals surface area contributed by atoms with Crippen LogP contribution in [0.3, 0.4) is 0 Å².